The normalized spacial score (nSPS) is 9.94. The second kappa shape index (κ2) is 4.61. The third-order valence-corrected chi connectivity index (χ3v) is 2.14. The molecule has 0 amide bonds. The highest BCUT2D eigenvalue weighted by atomic mass is 16.5. The zero-order valence-electron chi connectivity index (χ0n) is 9.34. The van der Waals surface area contributed by atoms with Gasteiger partial charge in [-0.15, -0.1) is 0 Å². The van der Waals surface area contributed by atoms with Crippen LogP contribution >= 0.6 is 0 Å². The van der Waals surface area contributed by atoms with E-state index in [-0.39, 0.29) is 5.84 Å². The first-order chi connectivity index (χ1) is 8.16. The van der Waals surface area contributed by atoms with Gasteiger partial charge in [-0.3, -0.25) is 10.4 Å². The van der Waals surface area contributed by atoms with Crippen LogP contribution in [0, 0.1) is 12.3 Å². The molecule has 0 aliphatic carbocycles. The number of nitrogens with one attached hydrogen (secondary N) is 1. The van der Waals surface area contributed by atoms with E-state index in [9.17, 15) is 0 Å². The molecular weight excluding hydrogens is 216 g/mol. The quantitative estimate of drug-likeness (QED) is 0.620. The molecule has 2 rings (SSSR count). The van der Waals surface area contributed by atoms with Crippen molar-refractivity contribution in [3.8, 4) is 11.5 Å². The minimum Gasteiger partial charge on any atom is -0.453 e. The van der Waals surface area contributed by atoms with Crippen LogP contribution in [0.15, 0.2) is 36.7 Å². The van der Waals surface area contributed by atoms with Gasteiger partial charge in [0.05, 0.1) is 6.20 Å². The summed E-state index contributed by atoms with van der Waals surface area (Å²) in [5.74, 6) is 0.914. The van der Waals surface area contributed by atoms with E-state index < -0.39 is 0 Å². The molecule has 0 bridgehead atoms. The molecule has 3 N–H and O–H groups in total. The maximum absolute atomic E-state index is 7.40. The van der Waals surface area contributed by atoms with Gasteiger partial charge in [-0.2, -0.15) is 0 Å². The van der Waals surface area contributed by atoms with Crippen molar-refractivity contribution < 1.29 is 4.74 Å². The molecule has 2 aromatic rings. The Bertz CT molecular complexity index is 536. The van der Waals surface area contributed by atoms with Gasteiger partial charge in [0.2, 0.25) is 0 Å². The first kappa shape index (κ1) is 11.1. The van der Waals surface area contributed by atoms with Crippen LogP contribution in [0.3, 0.4) is 0 Å². The number of hydrogen-bond donors (Lipinski definition) is 2. The Balaban J connectivity index is 2.30. The first-order valence-corrected chi connectivity index (χ1v) is 5.07. The fourth-order valence-electron chi connectivity index (χ4n) is 1.32. The molecule has 0 atom stereocenters. The second-order valence-corrected chi connectivity index (χ2v) is 3.50. The molecule has 0 fully saturated rings. The Labute approximate surface area is 98.8 Å². The highest BCUT2D eigenvalue weighted by Gasteiger charge is 2.08. The summed E-state index contributed by atoms with van der Waals surface area (Å²) >= 11 is 0. The minimum atomic E-state index is -0.124. The largest absolute Gasteiger partial charge is 0.453 e. The molecule has 0 aliphatic rings. The van der Waals surface area contributed by atoms with E-state index in [1.807, 2.05) is 13.0 Å². The van der Waals surface area contributed by atoms with Crippen molar-refractivity contribution in [1.29, 1.82) is 5.41 Å². The average molecular weight is 228 g/mol. The second-order valence-electron chi connectivity index (χ2n) is 3.50. The highest BCUT2D eigenvalue weighted by Crippen LogP contribution is 2.22. The van der Waals surface area contributed by atoms with Crippen molar-refractivity contribution in [1.82, 2.24) is 9.97 Å². The van der Waals surface area contributed by atoms with E-state index in [0.29, 0.717) is 17.2 Å². The molecule has 0 aromatic carbocycles. The number of hydrogen-bond acceptors (Lipinski definition) is 4. The lowest BCUT2D eigenvalue weighted by Gasteiger charge is -2.08. The standard InChI is InChI=1S/C12H12N4O/c1-8-4-5-9(7-16-8)17-10-3-2-6-15-11(10)12(13)14/h2-7H,1H3,(H3,13,14). The van der Waals surface area contributed by atoms with E-state index in [2.05, 4.69) is 9.97 Å². The molecule has 5 heteroatoms. The van der Waals surface area contributed by atoms with Crippen molar-refractivity contribution in [3.63, 3.8) is 0 Å². The van der Waals surface area contributed by atoms with Crippen LogP contribution in [-0.4, -0.2) is 15.8 Å². The van der Waals surface area contributed by atoms with Crippen molar-refractivity contribution in [2.24, 2.45) is 5.73 Å². The topological polar surface area (TPSA) is 84.9 Å². The van der Waals surface area contributed by atoms with Crippen molar-refractivity contribution >= 4 is 5.84 Å². The van der Waals surface area contributed by atoms with Gasteiger partial charge in [0.1, 0.15) is 17.3 Å². The van der Waals surface area contributed by atoms with Crippen molar-refractivity contribution in [2.75, 3.05) is 0 Å². The molecule has 0 saturated carbocycles. The maximum atomic E-state index is 7.40. The third-order valence-electron chi connectivity index (χ3n) is 2.14. The summed E-state index contributed by atoms with van der Waals surface area (Å²) in [5, 5.41) is 7.40. The summed E-state index contributed by atoms with van der Waals surface area (Å²) < 4.78 is 5.58. The van der Waals surface area contributed by atoms with E-state index in [4.69, 9.17) is 15.9 Å². The third kappa shape index (κ3) is 2.57. The Morgan fingerprint density at radius 2 is 2.12 bits per heavy atom. The zero-order valence-corrected chi connectivity index (χ0v) is 9.34. The summed E-state index contributed by atoms with van der Waals surface area (Å²) in [4.78, 5) is 8.12. The predicted octanol–water partition coefficient (Wildman–Crippen LogP) is 1.86. The Morgan fingerprint density at radius 3 is 2.76 bits per heavy atom. The van der Waals surface area contributed by atoms with Gasteiger partial charge in [-0.1, -0.05) is 0 Å². The number of amidine groups is 1. The smallest absolute Gasteiger partial charge is 0.156 e. The van der Waals surface area contributed by atoms with Gasteiger partial charge in [-0.25, -0.2) is 4.98 Å². The number of nitrogens with two attached hydrogens (primary N) is 1. The van der Waals surface area contributed by atoms with E-state index >= 15 is 0 Å². The minimum absolute atomic E-state index is 0.124. The van der Waals surface area contributed by atoms with E-state index in [1.165, 1.54) is 0 Å². The van der Waals surface area contributed by atoms with Crippen molar-refractivity contribution in [2.45, 2.75) is 6.92 Å². The van der Waals surface area contributed by atoms with Gasteiger partial charge < -0.3 is 10.5 Å². The van der Waals surface area contributed by atoms with Crippen LogP contribution in [0.4, 0.5) is 0 Å². The summed E-state index contributed by atoms with van der Waals surface area (Å²) in [6.07, 6.45) is 3.18. The molecule has 0 radical (unpaired) electrons. The molecular formula is C12H12N4O. The molecule has 17 heavy (non-hydrogen) atoms. The number of pyridine rings is 2. The number of nitrogen functional groups attached to an aromatic ring is 1. The molecule has 0 aliphatic heterocycles. The van der Waals surface area contributed by atoms with Gasteiger partial charge in [0, 0.05) is 11.9 Å². The molecule has 0 unspecified atom stereocenters. The molecule has 5 nitrogen and oxygen atoms in total. The summed E-state index contributed by atoms with van der Waals surface area (Å²) in [6.45, 7) is 1.90. The first-order valence-electron chi connectivity index (χ1n) is 5.07. The van der Waals surface area contributed by atoms with Gasteiger partial charge >= 0.3 is 0 Å². The van der Waals surface area contributed by atoms with Crippen LogP contribution in [0.1, 0.15) is 11.4 Å². The highest BCUT2D eigenvalue weighted by molar-refractivity contribution is 5.95. The Hall–Kier alpha value is -2.43. The average Bonchev–Trinajstić information content (AvgIpc) is 2.32. The number of aromatic nitrogens is 2. The van der Waals surface area contributed by atoms with Gasteiger partial charge in [0.25, 0.3) is 0 Å². The lowest BCUT2D eigenvalue weighted by molar-refractivity contribution is 0.476. The van der Waals surface area contributed by atoms with Gasteiger partial charge in [-0.05, 0) is 31.2 Å². The maximum Gasteiger partial charge on any atom is 0.156 e. The monoisotopic (exact) mass is 228 g/mol. The Morgan fingerprint density at radius 1 is 1.29 bits per heavy atom. The fourth-order valence-corrected chi connectivity index (χ4v) is 1.32. The van der Waals surface area contributed by atoms with E-state index in [1.54, 1.807) is 30.6 Å². The van der Waals surface area contributed by atoms with Crippen LogP contribution in [-0.2, 0) is 0 Å². The molecule has 0 spiro atoms. The zero-order chi connectivity index (χ0) is 12.3. The number of ether oxygens (including phenoxy) is 1. The molecule has 86 valence electrons. The molecule has 2 aromatic heterocycles. The lowest BCUT2D eigenvalue weighted by atomic mass is 10.3. The predicted molar refractivity (Wildman–Crippen MR) is 64.3 cm³/mol. The lowest BCUT2D eigenvalue weighted by Crippen LogP contribution is -2.14. The number of nitrogens with zero attached hydrogens (tertiary/aromatic N) is 2. The van der Waals surface area contributed by atoms with Crippen molar-refractivity contribution in [3.05, 3.63) is 48.0 Å². The number of rotatable bonds is 3. The van der Waals surface area contributed by atoms with Crippen LogP contribution in [0.5, 0.6) is 11.5 Å². The summed E-state index contributed by atoms with van der Waals surface area (Å²) in [5.41, 5.74) is 6.66. The molecule has 2 heterocycles. The number of aryl methyl sites for hydroxylation is 1. The van der Waals surface area contributed by atoms with Crippen LogP contribution in [0.2, 0.25) is 0 Å². The van der Waals surface area contributed by atoms with E-state index in [0.717, 1.165) is 5.69 Å². The van der Waals surface area contributed by atoms with Crippen LogP contribution < -0.4 is 10.5 Å². The van der Waals surface area contributed by atoms with Gasteiger partial charge in [0.15, 0.2) is 5.75 Å². The SMILES string of the molecule is Cc1ccc(Oc2cccnc2C(=N)N)cn1. The summed E-state index contributed by atoms with van der Waals surface area (Å²) in [6, 6.07) is 7.09. The summed E-state index contributed by atoms with van der Waals surface area (Å²) in [7, 11) is 0. The Kier molecular flexibility index (Phi) is 3.00. The van der Waals surface area contributed by atoms with Crippen LogP contribution in [0.25, 0.3) is 0 Å². The fraction of sp³-hybridized carbons (Fsp3) is 0.0833. The molecule has 0 saturated heterocycles.